The number of carbonyl (C=O) groups excluding carboxylic acids is 2. The highest BCUT2D eigenvalue weighted by Gasteiger charge is 2.07. The molecule has 2 aromatic carbocycles. The number of benzene rings is 2. The number of anilines is 3. The molecule has 3 rings (SSSR count). The minimum atomic E-state index is -0.345. The molecule has 0 unspecified atom stereocenters. The molecule has 3 N–H and O–H groups in total. The Balaban J connectivity index is 1.62. The number of nitrogens with one attached hydrogen (secondary N) is 3. The number of para-hydroxylation sites is 1. The number of rotatable bonds is 4. The first kappa shape index (κ1) is 15.8. The van der Waals surface area contributed by atoms with Crippen molar-refractivity contribution in [3.05, 3.63) is 77.0 Å². The Labute approximate surface area is 143 Å². The summed E-state index contributed by atoms with van der Waals surface area (Å²) in [5.41, 5.74) is 2.52. The standard InChI is InChI=1S/C18H15N3O2S/c22-17(13-9-10-24-12-13)19-15-7-4-8-16(11-15)21-18(23)20-14-5-2-1-3-6-14/h1-12H,(H,19,22)(H2,20,21,23). The van der Waals surface area contributed by atoms with E-state index in [1.54, 1.807) is 47.8 Å². The third kappa shape index (κ3) is 4.21. The van der Waals surface area contributed by atoms with Gasteiger partial charge in [-0.15, -0.1) is 0 Å². The Hall–Kier alpha value is -3.12. The van der Waals surface area contributed by atoms with Crippen molar-refractivity contribution in [2.75, 3.05) is 16.0 Å². The summed E-state index contributed by atoms with van der Waals surface area (Å²) in [5.74, 6) is -0.179. The summed E-state index contributed by atoms with van der Waals surface area (Å²) in [5, 5.41) is 11.9. The highest BCUT2D eigenvalue weighted by atomic mass is 32.1. The second kappa shape index (κ2) is 7.43. The fraction of sp³-hybridized carbons (Fsp3) is 0. The maximum atomic E-state index is 12.0. The molecular weight excluding hydrogens is 322 g/mol. The summed E-state index contributed by atoms with van der Waals surface area (Å²) in [7, 11) is 0. The van der Waals surface area contributed by atoms with Gasteiger partial charge in [-0.25, -0.2) is 4.79 Å². The Morgan fingerprint density at radius 2 is 1.42 bits per heavy atom. The van der Waals surface area contributed by atoms with E-state index < -0.39 is 0 Å². The molecule has 0 saturated carbocycles. The summed E-state index contributed by atoms with van der Waals surface area (Å²) >= 11 is 1.46. The quantitative estimate of drug-likeness (QED) is 0.649. The van der Waals surface area contributed by atoms with Gasteiger partial charge in [-0.05, 0) is 41.8 Å². The van der Waals surface area contributed by atoms with Gasteiger partial charge in [0, 0.05) is 22.4 Å². The van der Waals surface area contributed by atoms with E-state index in [1.807, 2.05) is 23.6 Å². The first-order valence-corrected chi connectivity index (χ1v) is 8.22. The average Bonchev–Trinajstić information content (AvgIpc) is 3.10. The first-order valence-electron chi connectivity index (χ1n) is 7.27. The molecule has 0 aliphatic rings. The monoisotopic (exact) mass is 337 g/mol. The van der Waals surface area contributed by atoms with Crippen LogP contribution in [0.25, 0.3) is 0 Å². The van der Waals surface area contributed by atoms with Crippen molar-refractivity contribution in [3.8, 4) is 0 Å². The van der Waals surface area contributed by atoms with Gasteiger partial charge in [0.1, 0.15) is 0 Å². The molecule has 5 nitrogen and oxygen atoms in total. The van der Waals surface area contributed by atoms with E-state index >= 15 is 0 Å². The number of carbonyl (C=O) groups is 2. The van der Waals surface area contributed by atoms with Crippen LogP contribution >= 0.6 is 11.3 Å². The topological polar surface area (TPSA) is 70.2 Å². The maximum Gasteiger partial charge on any atom is 0.323 e. The summed E-state index contributed by atoms with van der Waals surface area (Å²) in [6, 6.07) is 17.6. The molecule has 0 atom stereocenters. The van der Waals surface area contributed by atoms with E-state index in [-0.39, 0.29) is 11.9 Å². The molecule has 1 aromatic heterocycles. The van der Waals surface area contributed by atoms with Crippen LogP contribution in [-0.2, 0) is 0 Å². The largest absolute Gasteiger partial charge is 0.323 e. The molecule has 0 radical (unpaired) electrons. The Morgan fingerprint density at radius 1 is 0.750 bits per heavy atom. The molecule has 0 saturated heterocycles. The van der Waals surface area contributed by atoms with Crippen molar-refractivity contribution in [3.63, 3.8) is 0 Å². The number of amides is 3. The van der Waals surface area contributed by atoms with Gasteiger partial charge < -0.3 is 16.0 Å². The molecule has 0 bridgehead atoms. The smallest absolute Gasteiger partial charge is 0.322 e. The van der Waals surface area contributed by atoms with Crippen LogP contribution in [0, 0.1) is 0 Å². The fourth-order valence-corrected chi connectivity index (χ4v) is 2.72. The van der Waals surface area contributed by atoms with Crippen molar-refractivity contribution < 1.29 is 9.59 Å². The number of hydrogen-bond donors (Lipinski definition) is 3. The first-order chi connectivity index (χ1) is 11.7. The van der Waals surface area contributed by atoms with E-state index in [9.17, 15) is 9.59 Å². The lowest BCUT2D eigenvalue weighted by Crippen LogP contribution is -2.19. The Bertz CT molecular complexity index is 832. The average molecular weight is 337 g/mol. The second-order valence-corrected chi connectivity index (χ2v) is 5.77. The minimum Gasteiger partial charge on any atom is -0.322 e. The summed E-state index contributed by atoms with van der Waals surface area (Å²) in [4.78, 5) is 24.0. The van der Waals surface area contributed by atoms with Gasteiger partial charge >= 0.3 is 6.03 Å². The van der Waals surface area contributed by atoms with Crippen LogP contribution in [0.2, 0.25) is 0 Å². The lowest BCUT2D eigenvalue weighted by molar-refractivity contribution is 0.102. The summed E-state index contributed by atoms with van der Waals surface area (Å²) < 4.78 is 0. The second-order valence-electron chi connectivity index (χ2n) is 4.99. The SMILES string of the molecule is O=C(Nc1ccccc1)Nc1cccc(NC(=O)c2ccsc2)c1. The van der Waals surface area contributed by atoms with Gasteiger partial charge in [0.05, 0.1) is 5.56 Å². The van der Waals surface area contributed by atoms with Crippen LogP contribution in [0.3, 0.4) is 0 Å². The van der Waals surface area contributed by atoms with Crippen LogP contribution in [0.5, 0.6) is 0 Å². The van der Waals surface area contributed by atoms with Crippen molar-refractivity contribution in [1.82, 2.24) is 0 Å². The number of urea groups is 1. The van der Waals surface area contributed by atoms with Crippen LogP contribution in [0.15, 0.2) is 71.4 Å². The van der Waals surface area contributed by atoms with Gasteiger partial charge in [-0.2, -0.15) is 11.3 Å². The summed E-state index contributed by atoms with van der Waals surface area (Å²) in [6.07, 6.45) is 0. The zero-order valence-electron chi connectivity index (χ0n) is 12.7. The predicted molar refractivity (Wildman–Crippen MR) is 97.8 cm³/mol. The van der Waals surface area contributed by atoms with Crippen LogP contribution < -0.4 is 16.0 Å². The zero-order chi connectivity index (χ0) is 16.8. The molecule has 24 heavy (non-hydrogen) atoms. The third-order valence-corrected chi connectivity index (χ3v) is 3.88. The van der Waals surface area contributed by atoms with Gasteiger partial charge in [0.25, 0.3) is 5.91 Å². The summed E-state index contributed by atoms with van der Waals surface area (Å²) in [6.45, 7) is 0. The zero-order valence-corrected chi connectivity index (χ0v) is 13.5. The van der Waals surface area contributed by atoms with Gasteiger partial charge in [0.15, 0.2) is 0 Å². The Morgan fingerprint density at radius 3 is 2.12 bits per heavy atom. The molecule has 0 spiro atoms. The van der Waals surface area contributed by atoms with Crippen LogP contribution in [-0.4, -0.2) is 11.9 Å². The molecule has 1 heterocycles. The normalized spacial score (nSPS) is 10.0. The van der Waals surface area contributed by atoms with Crippen LogP contribution in [0.1, 0.15) is 10.4 Å². The molecule has 6 heteroatoms. The minimum absolute atomic E-state index is 0.179. The third-order valence-electron chi connectivity index (χ3n) is 3.19. The van der Waals surface area contributed by atoms with Gasteiger partial charge in [-0.3, -0.25) is 4.79 Å². The van der Waals surface area contributed by atoms with Gasteiger partial charge in [-0.1, -0.05) is 24.3 Å². The van der Waals surface area contributed by atoms with E-state index in [1.165, 1.54) is 11.3 Å². The van der Waals surface area contributed by atoms with E-state index in [0.717, 1.165) is 0 Å². The highest BCUT2D eigenvalue weighted by Crippen LogP contribution is 2.17. The number of thiophene rings is 1. The van der Waals surface area contributed by atoms with Crippen molar-refractivity contribution in [2.45, 2.75) is 0 Å². The van der Waals surface area contributed by atoms with E-state index in [2.05, 4.69) is 16.0 Å². The lowest BCUT2D eigenvalue weighted by Gasteiger charge is -2.09. The molecule has 0 aliphatic carbocycles. The van der Waals surface area contributed by atoms with E-state index in [0.29, 0.717) is 22.6 Å². The molecule has 0 aliphatic heterocycles. The highest BCUT2D eigenvalue weighted by molar-refractivity contribution is 7.08. The fourth-order valence-electron chi connectivity index (χ4n) is 2.09. The maximum absolute atomic E-state index is 12.0. The lowest BCUT2D eigenvalue weighted by atomic mass is 10.2. The molecule has 3 amide bonds. The molecule has 3 aromatic rings. The molecule has 120 valence electrons. The van der Waals surface area contributed by atoms with Crippen LogP contribution in [0.4, 0.5) is 21.9 Å². The van der Waals surface area contributed by atoms with Gasteiger partial charge in [0.2, 0.25) is 0 Å². The number of hydrogen-bond acceptors (Lipinski definition) is 3. The Kier molecular flexibility index (Phi) is 4.88. The predicted octanol–water partition coefficient (Wildman–Crippen LogP) is 4.64. The van der Waals surface area contributed by atoms with Crippen molar-refractivity contribution in [2.24, 2.45) is 0 Å². The van der Waals surface area contributed by atoms with Crippen molar-refractivity contribution in [1.29, 1.82) is 0 Å². The molecular formula is C18H15N3O2S. The molecule has 0 fully saturated rings. The van der Waals surface area contributed by atoms with Crippen molar-refractivity contribution >= 4 is 40.3 Å². The van der Waals surface area contributed by atoms with E-state index in [4.69, 9.17) is 0 Å².